The Morgan fingerprint density at radius 3 is 2.75 bits per heavy atom. The Morgan fingerprint density at radius 1 is 1.21 bits per heavy atom. The molecule has 1 atom stereocenters. The Bertz CT molecular complexity index is 834. The molecular weight excluding hydrogens is 370 g/mol. The second-order valence-corrected chi connectivity index (χ2v) is 6.30. The third-order valence-electron chi connectivity index (χ3n) is 3.52. The van der Waals surface area contributed by atoms with Crippen LogP contribution in [0.3, 0.4) is 0 Å². The van der Waals surface area contributed by atoms with Crippen LogP contribution in [0.15, 0.2) is 59.1 Å². The van der Waals surface area contributed by atoms with E-state index in [-0.39, 0.29) is 11.9 Å². The molecule has 0 aliphatic rings. The number of aromatic nitrogens is 4. The summed E-state index contributed by atoms with van der Waals surface area (Å²) in [6.45, 7) is 1.86. The first-order chi connectivity index (χ1) is 11.6. The summed E-state index contributed by atoms with van der Waals surface area (Å²) in [5.41, 5.74) is 1.79. The molecule has 1 unspecified atom stereocenters. The number of hydrogen-bond donors (Lipinski definition) is 1. The van der Waals surface area contributed by atoms with Gasteiger partial charge in [0, 0.05) is 4.47 Å². The van der Waals surface area contributed by atoms with E-state index in [1.54, 1.807) is 4.68 Å². The highest BCUT2D eigenvalue weighted by molar-refractivity contribution is 9.10. The topological polar surface area (TPSA) is 72.7 Å². The van der Waals surface area contributed by atoms with Gasteiger partial charge in [-0.25, -0.2) is 0 Å². The van der Waals surface area contributed by atoms with Crippen molar-refractivity contribution in [2.75, 3.05) is 0 Å². The summed E-state index contributed by atoms with van der Waals surface area (Å²) in [6, 6.07) is 17.0. The summed E-state index contributed by atoms with van der Waals surface area (Å²) in [6.07, 6.45) is 0.323. The molecule has 0 radical (unpaired) electrons. The van der Waals surface area contributed by atoms with E-state index >= 15 is 0 Å². The minimum Gasteiger partial charge on any atom is -0.346 e. The van der Waals surface area contributed by atoms with Gasteiger partial charge in [-0.1, -0.05) is 52.3 Å². The quantitative estimate of drug-likeness (QED) is 0.732. The zero-order valence-electron chi connectivity index (χ0n) is 13.1. The average molecular weight is 386 g/mol. The van der Waals surface area contributed by atoms with Crippen LogP contribution in [-0.4, -0.2) is 26.1 Å². The first-order valence-electron chi connectivity index (χ1n) is 7.51. The number of nitrogens with one attached hydrogen (secondary N) is 1. The molecule has 1 N–H and O–H groups in total. The van der Waals surface area contributed by atoms with Gasteiger partial charge in [0.15, 0.2) is 5.82 Å². The molecule has 2 aromatic carbocycles. The lowest BCUT2D eigenvalue weighted by Crippen LogP contribution is -2.30. The predicted octanol–water partition coefficient (Wildman–Crippen LogP) is 2.84. The molecule has 1 amide bonds. The van der Waals surface area contributed by atoms with Crippen molar-refractivity contribution in [3.05, 3.63) is 70.5 Å². The predicted molar refractivity (Wildman–Crippen MR) is 93.6 cm³/mol. The monoisotopic (exact) mass is 385 g/mol. The van der Waals surface area contributed by atoms with Gasteiger partial charge in [-0.2, -0.15) is 4.68 Å². The SMILES string of the molecule is CC(NC(=O)Cc1ccccc1)c1nnnn1-c1cccc(Br)c1. The number of tetrazole rings is 1. The Hall–Kier alpha value is -2.54. The van der Waals surface area contributed by atoms with Crippen LogP contribution in [0.4, 0.5) is 0 Å². The maximum Gasteiger partial charge on any atom is 0.224 e. The molecule has 24 heavy (non-hydrogen) atoms. The average Bonchev–Trinajstić information content (AvgIpc) is 3.05. The molecule has 0 saturated carbocycles. The number of nitrogens with zero attached hydrogens (tertiary/aromatic N) is 4. The Kier molecular flexibility index (Phi) is 5.00. The van der Waals surface area contributed by atoms with Crippen LogP contribution >= 0.6 is 15.9 Å². The van der Waals surface area contributed by atoms with Crippen LogP contribution < -0.4 is 5.32 Å². The number of carbonyl (C=O) groups is 1. The Morgan fingerprint density at radius 2 is 2.00 bits per heavy atom. The summed E-state index contributed by atoms with van der Waals surface area (Å²) in [5.74, 6) is 0.506. The van der Waals surface area contributed by atoms with E-state index in [1.807, 2.05) is 61.5 Å². The van der Waals surface area contributed by atoms with Gasteiger partial charge in [0.05, 0.1) is 18.2 Å². The highest BCUT2D eigenvalue weighted by Gasteiger charge is 2.18. The fourth-order valence-corrected chi connectivity index (χ4v) is 2.78. The Balaban J connectivity index is 1.73. The van der Waals surface area contributed by atoms with Crippen molar-refractivity contribution < 1.29 is 4.79 Å². The van der Waals surface area contributed by atoms with E-state index in [2.05, 4.69) is 36.8 Å². The molecule has 1 heterocycles. The van der Waals surface area contributed by atoms with Crippen LogP contribution in [0.25, 0.3) is 5.69 Å². The first kappa shape index (κ1) is 16.3. The van der Waals surface area contributed by atoms with Gasteiger partial charge in [-0.05, 0) is 41.1 Å². The van der Waals surface area contributed by atoms with E-state index in [1.165, 1.54) is 0 Å². The minimum absolute atomic E-state index is 0.0718. The molecule has 0 spiro atoms. The van der Waals surface area contributed by atoms with E-state index in [9.17, 15) is 4.79 Å². The summed E-state index contributed by atoms with van der Waals surface area (Å²) < 4.78 is 2.56. The number of rotatable bonds is 5. The molecule has 0 bridgehead atoms. The highest BCUT2D eigenvalue weighted by atomic mass is 79.9. The summed E-state index contributed by atoms with van der Waals surface area (Å²) in [5, 5.41) is 14.8. The standard InChI is InChI=1S/C17H16BrN5O/c1-12(19-16(24)10-13-6-3-2-4-7-13)17-20-21-22-23(17)15-9-5-8-14(18)11-15/h2-9,11-12H,10H2,1H3,(H,19,24). The summed E-state index contributed by atoms with van der Waals surface area (Å²) in [4.78, 5) is 12.2. The van der Waals surface area contributed by atoms with Crippen molar-refractivity contribution in [1.29, 1.82) is 0 Å². The van der Waals surface area contributed by atoms with Crippen molar-refractivity contribution in [1.82, 2.24) is 25.5 Å². The van der Waals surface area contributed by atoms with Crippen LogP contribution in [0, 0.1) is 0 Å². The number of hydrogen-bond acceptors (Lipinski definition) is 4. The summed E-state index contributed by atoms with van der Waals surface area (Å²) >= 11 is 3.44. The number of amides is 1. The zero-order chi connectivity index (χ0) is 16.9. The van der Waals surface area contributed by atoms with Crippen molar-refractivity contribution in [2.45, 2.75) is 19.4 Å². The van der Waals surface area contributed by atoms with Crippen LogP contribution in [0.1, 0.15) is 24.4 Å². The molecule has 0 aliphatic heterocycles. The van der Waals surface area contributed by atoms with Crippen molar-refractivity contribution in [3.63, 3.8) is 0 Å². The third kappa shape index (κ3) is 3.86. The lowest BCUT2D eigenvalue weighted by atomic mass is 10.1. The maximum atomic E-state index is 12.2. The zero-order valence-corrected chi connectivity index (χ0v) is 14.6. The largest absolute Gasteiger partial charge is 0.346 e. The van der Waals surface area contributed by atoms with Gasteiger partial charge in [-0.3, -0.25) is 4.79 Å². The van der Waals surface area contributed by atoms with Gasteiger partial charge >= 0.3 is 0 Å². The highest BCUT2D eigenvalue weighted by Crippen LogP contribution is 2.18. The van der Waals surface area contributed by atoms with E-state index in [0.29, 0.717) is 12.2 Å². The van der Waals surface area contributed by atoms with E-state index in [0.717, 1.165) is 15.7 Å². The lowest BCUT2D eigenvalue weighted by Gasteiger charge is -2.14. The van der Waals surface area contributed by atoms with Crippen LogP contribution in [0.5, 0.6) is 0 Å². The van der Waals surface area contributed by atoms with Gasteiger partial charge < -0.3 is 5.32 Å². The molecule has 3 aromatic rings. The van der Waals surface area contributed by atoms with Crippen LogP contribution in [0.2, 0.25) is 0 Å². The lowest BCUT2D eigenvalue weighted by molar-refractivity contribution is -0.121. The molecule has 0 aliphatic carbocycles. The first-order valence-corrected chi connectivity index (χ1v) is 8.30. The van der Waals surface area contributed by atoms with Gasteiger partial charge in [0.2, 0.25) is 5.91 Å². The maximum absolute atomic E-state index is 12.2. The number of halogens is 1. The van der Waals surface area contributed by atoms with Crippen molar-refractivity contribution >= 4 is 21.8 Å². The van der Waals surface area contributed by atoms with Gasteiger partial charge in [0.25, 0.3) is 0 Å². The summed E-state index contributed by atoms with van der Waals surface area (Å²) in [7, 11) is 0. The minimum atomic E-state index is -0.310. The third-order valence-corrected chi connectivity index (χ3v) is 4.01. The molecular formula is C17H16BrN5O. The second kappa shape index (κ2) is 7.35. The van der Waals surface area contributed by atoms with E-state index in [4.69, 9.17) is 0 Å². The normalized spacial score (nSPS) is 11.9. The molecule has 6 nitrogen and oxygen atoms in total. The Labute approximate surface area is 148 Å². The number of benzene rings is 2. The van der Waals surface area contributed by atoms with Crippen molar-refractivity contribution in [2.24, 2.45) is 0 Å². The number of carbonyl (C=O) groups excluding carboxylic acids is 1. The molecule has 0 fully saturated rings. The smallest absolute Gasteiger partial charge is 0.224 e. The molecule has 0 saturated heterocycles. The second-order valence-electron chi connectivity index (χ2n) is 5.38. The molecule has 1 aromatic heterocycles. The van der Waals surface area contributed by atoms with Crippen molar-refractivity contribution in [3.8, 4) is 5.69 Å². The van der Waals surface area contributed by atoms with Gasteiger partial charge in [-0.15, -0.1) is 5.10 Å². The molecule has 3 rings (SSSR count). The fourth-order valence-electron chi connectivity index (χ4n) is 2.39. The molecule has 7 heteroatoms. The van der Waals surface area contributed by atoms with Gasteiger partial charge in [0.1, 0.15) is 0 Å². The van der Waals surface area contributed by atoms with Crippen LogP contribution in [-0.2, 0) is 11.2 Å². The fraction of sp³-hybridized carbons (Fsp3) is 0.176. The molecule has 122 valence electrons. The van der Waals surface area contributed by atoms with E-state index < -0.39 is 0 Å².